The van der Waals surface area contributed by atoms with E-state index in [0.717, 1.165) is 12.1 Å². The first-order chi connectivity index (χ1) is 7.60. The maximum absolute atomic E-state index is 13.0. The highest BCUT2D eigenvalue weighted by atomic mass is 19.2. The maximum atomic E-state index is 13.0. The van der Waals surface area contributed by atoms with Gasteiger partial charge in [-0.25, -0.2) is 8.78 Å². The Morgan fingerprint density at radius 2 is 2.06 bits per heavy atom. The molecule has 4 heteroatoms. The van der Waals surface area contributed by atoms with E-state index in [1.54, 1.807) is 6.08 Å². The fourth-order valence-electron chi connectivity index (χ4n) is 1.28. The zero-order chi connectivity index (χ0) is 12.1. The topological polar surface area (TPSA) is 26.3 Å². The third kappa shape index (κ3) is 2.66. The number of ether oxygens (including phenoxy) is 1. The summed E-state index contributed by atoms with van der Waals surface area (Å²) in [5.41, 5.74) is 0.0586. The number of benzene rings is 1. The van der Waals surface area contributed by atoms with Crippen molar-refractivity contribution in [1.29, 1.82) is 0 Å². The molecular formula is C12H12F2O2. The summed E-state index contributed by atoms with van der Waals surface area (Å²) in [5, 5.41) is 0. The van der Waals surface area contributed by atoms with E-state index < -0.39 is 11.6 Å². The minimum atomic E-state index is -1.05. The summed E-state index contributed by atoms with van der Waals surface area (Å²) < 4.78 is 30.7. The molecule has 2 nitrogen and oxygen atoms in total. The fourth-order valence-corrected chi connectivity index (χ4v) is 1.28. The van der Waals surface area contributed by atoms with Crippen molar-refractivity contribution in [3.8, 4) is 5.75 Å². The number of carbonyl (C=O) groups excluding carboxylic acids is 1. The number of ketones is 1. The molecule has 0 aromatic heterocycles. The van der Waals surface area contributed by atoms with Gasteiger partial charge in [-0.15, -0.1) is 6.58 Å². The van der Waals surface area contributed by atoms with Crippen molar-refractivity contribution in [2.75, 3.05) is 7.11 Å². The van der Waals surface area contributed by atoms with E-state index in [2.05, 4.69) is 6.58 Å². The van der Waals surface area contributed by atoms with Crippen LogP contribution < -0.4 is 4.74 Å². The Kier molecular flexibility index (Phi) is 4.17. The van der Waals surface area contributed by atoms with Gasteiger partial charge in [0.25, 0.3) is 0 Å². The van der Waals surface area contributed by atoms with Crippen LogP contribution in [0, 0.1) is 11.6 Å². The molecule has 0 aliphatic heterocycles. The molecule has 0 spiro atoms. The molecule has 0 radical (unpaired) electrons. The van der Waals surface area contributed by atoms with Gasteiger partial charge in [0, 0.05) is 12.5 Å². The first kappa shape index (κ1) is 12.4. The van der Waals surface area contributed by atoms with Gasteiger partial charge in [-0.1, -0.05) is 6.08 Å². The van der Waals surface area contributed by atoms with Crippen molar-refractivity contribution < 1.29 is 18.3 Å². The monoisotopic (exact) mass is 226 g/mol. The molecule has 0 heterocycles. The van der Waals surface area contributed by atoms with Crippen LogP contribution in [0.3, 0.4) is 0 Å². The molecule has 0 N–H and O–H groups in total. The van der Waals surface area contributed by atoms with Gasteiger partial charge in [0.1, 0.15) is 5.75 Å². The second-order valence-electron chi connectivity index (χ2n) is 3.22. The Morgan fingerprint density at radius 3 is 2.62 bits per heavy atom. The minimum Gasteiger partial charge on any atom is -0.496 e. The summed E-state index contributed by atoms with van der Waals surface area (Å²) in [6.07, 6.45) is 2.27. The third-order valence-electron chi connectivity index (χ3n) is 2.12. The Hall–Kier alpha value is -1.71. The summed E-state index contributed by atoms with van der Waals surface area (Å²) in [7, 11) is 1.30. The SMILES string of the molecule is C=CCCC(=O)c1cc(F)c(F)cc1OC. The number of carbonyl (C=O) groups is 1. The Labute approximate surface area is 92.5 Å². The molecular weight excluding hydrogens is 214 g/mol. The van der Waals surface area contributed by atoms with Crippen LogP contribution in [0.15, 0.2) is 24.8 Å². The number of halogens is 2. The molecule has 0 bridgehead atoms. The summed E-state index contributed by atoms with van der Waals surface area (Å²) in [6.45, 7) is 3.48. The van der Waals surface area contributed by atoms with Crippen molar-refractivity contribution in [2.45, 2.75) is 12.8 Å². The zero-order valence-electron chi connectivity index (χ0n) is 8.93. The van der Waals surface area contributed by atoms with Crippen LogP contribution in [-0.4, -0.2) is 12.9 Å². The predicted octanol–water partition coefficient (Wildman–Crippen LogP) is 3.12. The van der Waals surface area contributed by atoms with Crippen LogP contribution >= 0.6 is 0 Å². The molecule has 0 unspecified atom stereocenters. The molecule has 0 amide bonds. The number of hydrogen-bond donors (Lipinski definition) is 0. The summed E-state index contributed by atoms with van der Waals surface area (Å²) in [5.74, 6) is -2.33. The second kappa shape index (κ2) is 5.39. The molecule has 0 fully saturated rings. The van der Waals surface area contributed by atoms with Gasteiger partial charge in [-0.3, -0.25) is 4.79 Å². The normalized spacial score (nSPS) is 9.94. The summed E-state index contributed by atoms with van der Waals surface area (Å²) in [4.78, 5) is 11.6. The largest absolute Gasteiger partial charge is 0.496 e. The van der Waals surface area contributed by atoms with Crippen molar-refractivity contribution in [1.82, 2.24) is 0 Å². The zero-order valence-corrected chi connectivity index (χ0v) is 8.93. The third-order valence-corrected chi connectivity index (χ3v) is 2.12. The predicted molar refractivity (Wildman–Crippen MR) is 56.7 cm³/mol. The molecule has 0 saturated carbocycles. The standard InChI is InChI=1S/C12H12F2O2/c1-3-4-5-11(15)8-6-9(13)10(14)7-12(8)16-2/h3,6-7H,1,4-5H2,2H3. The Balaban J connectivity index is 3.06. The van der Waals surface area contributed by atoms with Gasteiger partial charge in [0.2, 0.25) is 0 Å². The fraction of sp³-hybridized carbons (Fsp3) is 0.250. The van der Waals surface area contributed by atoms with Gasteiger partial charge < -0.3 is 4.74 Å². The molecule has 0 atom stereocenters. The first-order valence-electron chi connectivity index (χ1n) is 4.77. The first-order valence-corrected chi connectivity index (χ1v) is 4.77. The van der Waals surface area contributed by atoms with E-state index >= 15 is 0 Å². The molecule has 1 aromatic carbocycles. The second-order valence-corrected chi connectivity index (χ2v) is 3.22. The molecule has 0 aliphatic rings. The van der Waals surface area contributed by atoms with Crippen molar-refractivity contribution in [3.05, 3.63) is 42.0 Å². The van der Waals surface area contributed by atoms with Gasteiger partial charge in [0.05, 0.1) is 12.7 Å². The van der Waals surface area contributed by atoms with E-state index in [-0.39, 0.29) is 23.5 Å². The molecule has 1 aromatic rings. The van der Waals surface area contributed by atoms with Crippen LogP contribution in [-0.2, 0) is 0 Å². The highest BCUT2D eigenvalue weighted by Crippen LogP contribution is 2.23. The van der Waals surface area contributed by atoms with Crippen molar-refractivity contribution in [2.24, 2.45) is 0 Å². The van der Waals surface area contributed by atoms with E-state index in [1.165, 1.54) is 7.11 Å². The van der Waals surface area contributed by atoms with Gasteiger partial charge >= 0.3 is 0 Å². The lowest BCUT2D eigenvalue weighted by molar-refractivity contribution is 0.0980. The van der Waals surface area contributed by atoms with E-state index in [0.29, 0.717) is 6.42 Å². The highest BCUT2D eigenvalue weighted by Gasteiger charge is 2.15. The number of Topliss-reactive ketones (excluding diaryl/α,β-unsaturated/α-hetero) is 1. The number of allylic oxidation sites excluding steroid dienone is 1. The van der Waals surface area contributed by atoms with Crippen LogP contribution in [0.25, 0.3) is 0 Å². The molecule has 0 aliphatic carbocycles. The quantitative estimate of drug-likeness (QED) is 0.569. The summed E-state index contributed by atoms with van der Waals surface area (Å²) in [6, 6.07) is 1.73. The van der Waals surface area contributed by atoms with Crippen LogP contribution in [0.2, 0.25) is 0 Å². The average Bonchev–Trinajstić information content (AvgIpc) is 2.28. The van der Waals surface area contributed by atoms with E-state index in [4.69, 9.17) is 4.74 Å². The summed E-state index contributed by atoms with van der Waals surface area (Å²) >= 11 is 0. The molecule has 16 heavy (non-hydrogen) atoms. The smallest absolute Gasteiger partial charge is 0.167 e. The average molecular weight is 226 g/mol. The Bertz CT molecular complexity index is 414. The van der Waals surface area contributed by atoms with Crippen molar-refractivity contribution in [3.63, 3.8) is 0 Å². The van der Waals surface area contributed by atoms with E-state index in [1.807, 2.05) is 0 Å². The number of methoxy groups -OCH3 is 1. The maximum Gasteiger partial charge on any atom is 0.167 e. The molecule has 0 saturated heterocycles. The van der Waals surface area contributed by atoms with Gasteiger partial charge in [-0.2, -0.15) is 0 Å². The lowest BCUT2D eigenvalue weighted by Gasteiger charge is -2.07. The van der Waals surface area contributed by atoms with Crippen LogP contribution in [0.4, 0.5) is 8.78 Å². The number of rotatable bonds is 5. The van der Waals surface area contributed by atoms with Crippen LogP contribution in [0.1, 0.15) is 23.2 Å². The lowest BCUT2D eigenvalue weighted by Crippen LogP contribution is -2.04. The van der Waals surface area contributed by atoms with E-state index in [9.17, 15) is 13.6 Å². The van der Waals surface area contributed by atoms with Crippen LogP contribution in [0.5, 0.6) is 5.75 Å². The van der Waals surface area contributed by atoms with Gasteiger partial charge in [0.15, 0.2) is 17.4 Å². The number of hydrogen-bond acceptors (Lipinski definition) is 2. The Morgan fingerprint density at radius 1 is 1.44 bits per heavy atom. The molecule has 1 rings (SSSR count). The lowest BCUT2D eigenvalue weighted by atomic mass is 10.1. The minimum absolute atomic E-state index is 0.0490. The van der Waals surface area contributed by atoms with Gasteiger partial charge in [-0.05, 0) is 12.5 Å². The van der Waals surface area contributed by atoms with Crippen molar-refractivity contribution >= 4 is 5.78 Å². The molecule has 86 valence electrons. The highest BCUT2D eigenvalue weighted by molar-refractivity contribution is 5.98.